The third-order valence-electron chi connectivity index (χ3n) is 4.99. The zero-order valence-electron chi connectivity index (χ0n) is 16.4. The highest BCUT2D eigenvalue weighted by Gasteiger charge is 2.40. The Hall–Kier alpha value is -3.21. The van der Waals surface area contributed by atoms with Gasteiger partial charge in [0.15, 0.2) is 5.69 Å². The first kappa shape index (κ1) is 20.1. The number of hydrogen-bond acceptors (Lipinski definition) is 7. The summed E-state index contributed by atoms with van der Waals surface area (Å²) in [7, 11) is 0. The second-order valence-electron chi connectivity index (χ2n) is 7.42. The molecule has 158 valence electrons. The van der Waals surface area contributed by atoms with E-state index >= 15 is 0 Å². The lowest BCUT2D eigenvalue weighted by Gasteiger charge is -2.10. The van der Waals surface area contributed by atoms with Crippen molar-refractivity contribution in [3.63, 3.8) is 0 Å². The average molecular weight is 418 g/mol. The summed E-state index contributed by atoms with van der Waals surface area (Å²) in [6, 6.07) is 1.83. The van der Waals surface area contributed by atoms with Crippen LogP contribution in [-0.4, -0.2) is 54.5 Å². The van der Waals surface area contributed by atoms with Crippen LogP contribution in [-0.2, 0) is 6.54 Å². The lowest BCUT2D eigenvalue weighted by Crippen LogP contribution is -2.33. The van der Waals surface area contributed by atoms with Crippen LogP contribution >= 0.6 is 0 Å². The molecule has 3 aromatic heterocycles. The summed E-state index contributed by atoms with van der Waals surface area (Å²) in [6.07, 6.45) is 4.06. The minimum atomic E-state index is -3.00. The zero-order chi connectivity index (χ0) is 21.5. The quantitative estimate of drug-likeness (QED) is 0.601. The summed E-state index contributed by atoms with van der Waals surface area (Å²) in [5, 5.41) is 17.0. The van der Waals surface area contributed by atoms with Gasteiger partial charge >= 0.3 is 6.61 Å². The van der Waals surface area contributed by atoms with E-state index in [1.165, 1.54) is 4.68 Å². The van der Waals surface area contributed by atoms with Crippen LogP contribution in [0.25, 0.3) is 11.0 Å². The summed E-state index contributed by atoms with van der Waals surface area (Å²) in [6.45, 7) is 0.682. The first-order chi connectivity index (χ1) is 14.3. The van der Waals surface area contributed by atoms with E-state index in [-0.39, 0.29) is 24.7 Å². The number of ether oxygens (including phenoxy) is 1. The number of pyridine rings is 1. The molecule has 0 unspecified atom stereocenters. The number of halogens is 2. The molecule has 1 aliphatic carbocycles. The number of hydrogen-bond donors (Lipinski definition) is 2. The van der Waals surface area contributed by atoms with Crippen LogP contribution in [0, 0.1) is 13.8 Å². The van der Waals surface area contributed by atoms with E-state index in [1.807, 2.05) is 13.0 Å². The molecule has 30 heavy (non-hydrogen) atoms. The van der Waals surface area contributed by atoms with E-state index in [2.05, 4.69) is 30.1 Å². The van der Waals surface area contributed by atoms with Crippen molar-refractivity contribution in [1.82, 2.24) is 30.0 Å². The molecule has 4 rings (SSSR count). The number of aryl methyl sites for hydroxylation is 1. The summed E-state index contributed by atoms with van der Waals surface area (Å²) in [5.74, 6) is -0.659. The monoisotopic (exact) mass is 418 g/mol. The fourth-order valence-electron chi connectivity index (χ4n) is 3.05. The first-order valence-corrected chi connectivity index (χ1v) is 9.35. The lowest BCUT2D eigenvalue weighted by molar-refractivity contribution is -0.0534. The molecule has 3 aromatic rings. The van der Waals surface area contributed by atoms with Crippen molar-refractivity contribution in [2.45, 2.75) is 45.4 Å². The lowest BCUT2D eigenvalue weighted by atomic mass is 10.2. The standard InChI is InChI=1S/C19H20F2N6O3/c1-10-5-13-14(22-6-10)15(16(28)23-8-19(29)3-4-19)26-27(13)7-12-11(2)17(25-9-24-12)30-18(20)21/h5-6,9,18,29H,3-4,7-8H2,1-2H3,(H,23,28). The molecular weight excluding hydrogens is 398 g/mol. The molecule has 9 nitrogen and oxygen atoms in total. The van der Waals surface area contributed by atoms with Gasteiger partial charge in [0, 0.05) is 18.3 Å². The highest BCUT2D eigenvalue weighted by Crippen LogP contribution is 2.34. The van der Waals surface area contributed by atoms with Crippen LogP contribution in [0.4, 0.5) is 8.78 Å². The Bertz CT molecular complexity index is 1110. The van der Waals surface area contributed by atoms with Crippen LogP contribution in [0.3, 0.4) is 0 Å². The molecule has 0 radical (unpaired) electrons. The number of amides is 1. The van der Waals surface area contributed by atoms with Gasteiger partial charge in [-0.3, -0.25) is 14.5 Å². The number of nitrogens with one attached hydrogen (secondary N) is 1. The van der Waals surface area contributed by atoms with Gasteiger partial charge in [-0.25, -0.2) is 9.97 Å². The molecule has 1 saturated carbocycles. The molecule has 0 spiro atoms. The van der Waals surface area contributed by atoms with Gasteiger partial charge < -0.3 is 15.2 Å². The third kappa shape index (κ3) is 4.06. The van der Waals surface area contributed by atoms with E-state index in [0.717, 1.165) is 11.9 Å². The Morgan fingerprint density at radius 3 is 2.80 bits per heavy atom. The van der Waals surface area contributed by atoms with Gasteiger partial charge in [0.1, 0.15) is 11.8 Å². The number of alkyl halides is 2. The van der Waals surface area contributed by atoms with E-state index in [1.54, 1.807) is 13.1 Å². The molecule has 1 aliphatic rings. The molecule has 0 bridgehead atoms. The fourth-order valence-corrected chi connectivity index (χ4v) is 3.05. The normalized spacial score (nSPS) is 14.9. The Morgan fingerprint density at radius 2 is 2.10 bits per heavy atom. The van der Waals surface area contributed by atoms with Crippen molar-refractivity contribution < 1.29 is 23.4 Å². The molecular formula is C19H20F2N6O3. The zero-order valence-corrected chi connectivity index (χ0v) is 16.4. The van der Waals surface area contributed by atoms with Crippen molar-refractivity contribution in [1.29, 1.82) is 0 Å². The summed E-state index contributed by atoms with van der Waals surface area (Å²) < 4.78 is 31.2. The molecule has 0 saturated heterocycles. The van der Waals surface area contributed by atoms with Gasteiger partial charge in [-0.15, -0.1) is 0 Å². The summed E-state index contributed by atoms with van der Waals surface area (Å²) >= 11 is 0. The largest absolute Gasteiger partial charge is 0.417 e. The Morgan fingerprint density at radius 1 is 1.33 bits per heavy atom. The Kier molecular flexibility index (Phi) is 5.06. The number of aromatic nitrogens is 5. The topological polar surface area (TPSA) is 115 Å². The number of fused-ring (bicyclic) bond motifs is 1. The highest BCUT2D eigenvalue weighted by atomic mass is 19.3. The van der Waals surface area contributed by atoms with Gasteiger partial charge in [-0.2, -0.15) is 13.9 Å². The van der Waals surface area contributed by atoms with Gasteiger partial charge in [-0.1, -0.05) is 0 Å². The molecule has 0 atom stereocenters. The molecule has 11 heteroatoms. The number of nitrogens with zero attached hydrogens (tertiary/aromatic N) is 5. The molecule has 0 aromatic carbocycles. The maximum absolute atomic E-state index is 12.7. The fraction of sp³-hybridized carbons (Fsp3) is 0.421. The second kappa shape index (κ2) is 7.56. The predicted octanol–water partition coefficient (Wildman–Crippen LogP) is 1.74. The van der Waals surface area contributed by atoms with E-state index < -0.39 is 18.1 Å². The van der Waals surface area contributed by atoms with E-state index in [9.17, 15) is 18.7 Å². The van der Waals surface area contributed by atoms with Gasteiger partial charge in [-0.05, 0) is 38.3 Å². The molecule has 0 aliphatic heterocycles. The average Bonchev–Trinajstić information content (AvgIpc) is 3.33. The summed E-state index contributed by atoms with van der Waals surface area (Å²) in [5.41, 5.74) is 1.91. The Balaban J connectivity index is 1.67. The van der Waals surface area contributed by atoms with Crippen molar-refractivity contribution in [2.75, 3.05) is 6.54 Å². The smallest absolute Gasteiger partial charge is 0.388 e. The SMILES string of the molecule is Cc1cnc2c(C(=O)NCC3(O)CC3)nn(Cc3ncnc(OC(F)F)c3C)c2c1. The van der Waals surface area contributed by atoms with Gasteiger partial charge in [0.25, 0.3) is 5.91 Å². The number of carbonyl (C=O) groups excluding carboxylic acids is 1. The van der Waals surface area contributed by atoms with Crippen LogP contribution in [0.1, 0.15) is 40.2 Å². The van der Waals surface area contributed by atoms with Gasteiger partial charge in [0.05, 0.1) is 23.4 Å². The van der Waals surface area contributed by atoms with Crippen LogP contribution in [0.5, 0.6) is 5.88 Å². The minimum absolute atomic E-state index is 0.104. The second-order valence-corrected chi connectivity index (χ2v) is 7.42. The van der Waals surface area contributed by atoms with Crippen molar-refractivity contribution in [3.05, 3.63) is 41.1 Å². The van der Waals surface area contributed by atoms with E-state index in [0.29, 0.717) is 35.1 Å². The van der Waals surface area contributed by atoms with Crippen LogP contribution in [0.2, 0.25) is 0 Å². The van der Waals surface area contributed by atoms with Gasteiger partial charge in [0.2, 0.25) is 5.88 Å². The molecule has 1 fully saturated rings. The highest BCUT2D eigenvalue weighted by molar-refractivity contribution is 6.03. The third-order valence-corrected chi connectivity index (χ3v) is 4.99. The number of aliphatic hydroxyl groups is 1. The predicted molar refractivity (Wildman–Crippen MR) is 101 cm³/mol. The molecule has 3 heterocycles. The Labute approximate surface area is 170 Å². The maximum atomic E-state index is 12.7. The first-order valence-electron chi connectivity index (χ1n) is 9.35. The molecule has 1 amide bonds. The van der Waals surface area contributed by atoms with Crippen LogP contribution < -0.4 is 10.1 Å². The molecule has 2 N–H and O–H groups in total. The van der Waals surface area contributed by atoms with Crippen molar-refractivity contribution >= 4 is 16.9 Å². The summed E-state index contributed by atoms with van der Waals surface area (Å²) in [4.78, 5) is 24.9. The van der Waals surface area contributed by atoms with E-state index in [4.69, 9.17) is 0 Å². The minimum Gasteiger partial charge on any atom is -0.417 e. The van der Waals surface area contributed by atoms with Crippen molar-refractivity contribution in [3.8, 4) is 5.88 Å². The number of carbonyl (C=O) groups is 1. The number of rotatable bonds is 7. The van der Waals surface area contributed by atoms with Crippen LogP contribution in [0.15, 0.2) is 18.6 Å². The maximum Gasteiger partial charge on any atom is 0.388 e. The van der Waals surface area contributed by atoms with Crippen molar-refractivity contribution in [2.24, 2.45) is 0 Å².